The molecule has 0 saturated heterocycles. The van der Waals surface area contributed by atoms with Gasteiger partial charge in [-0.25, -0.2) is 0 Å². The fourth-order valence-corrected chi connectivity index (χ4v) is 1.90. The van der Waals surface area contributed by atoms with Crippen molar-refractivity contribution in [1.82, 2.24) is 0 Å². The molecule has 1 unspecified atom stereocenters. The van der Waals surface area contributed by atoms with E-state index < -0.39 is 0 Å². The van der Waals surface area contributed by atoms with E-state index in [2.05, 4.69) is 11.3 Å². The quantitative estimate of drug-likeness (QED) is 0.600. The number of ether oxygens (including phenoxy) is 2. The summed E-state index contributed by atoms with van der Waals surface area (Å²) < 4.78 is 10.2. The van der Waals surface area contributed by atoms with Gasteiger partial charge in [0.2, 0.25) is 0 Å². The summed E-state index contributed by atoms with van der Waals surface area (Å²) in [5.41, 5.74) is 0. The van der Waals surface area contributed by atoms with Crippen molar-refractivity contribution in [3.63, 3.8) is 0 Å². The second-order valence-corrected chi connectivity index (χ2v) is 3.38. The number of allylic oxidation sites excluding steroid dienone is 1. The molecule has 0 radical (unpaired) electrons. The van der Waals surface area contributed by atoms with E-state index in [9.17, 15) is 4.79 Å². The van der Waals surface area contributed by atoms with Gasteiger partial charge in [-0.1, -0.05) is 6.58 Å². The number of carbonyl (C=O) groups is 1. The van der Waals surface area contributed by atoms with Crippen molar-refractivity contribution in [2.75, 3.05) is 7.11 Å². The molecule has 1 saturated carbocycles. The Balaban J connectivity index is 1.99. The van der Waals surface area contributed by atoms with E-state index in [1.807, 2.05) is 6.08 Å². The molecule has 3 atom stereocenters. The van der Waals surface area contributed by atoms with Gasteiger partial charge in [0.1, 0.15) is 11.9 Å². The third-order valence-corrected chi connectivity index (χ3v) is 2.70. The minimum atomic E-state index is -0.167. The highest BCUT2D eigenvalue weighted by Crippen LogP contribution is 2.44. The average Bonchev–Trinajstić information content (AvgIpc) is 2.44. The Morgan fingerprint density at radius 3 is 3.23 bits per heavy atom. The van der Waals surface area contributed by atoms with Gasteiger partial charge < -0.3 is 9.47 Å². The zero-order valence-electron chi connectivity index (χ0n) is 7.53. The van der Waals surface area contributed by atoms with Gasteiger partial charge in [-0.05, 0) is 18.6 Å². The van der Waals surface area contributed by atoms with Crippen LogP contribution in [0.1, 0.15) is 6.42 Å². The first kappa shape index (κ1) is 8.35. The minimum Gasteiger partial charge on any atom is -0.489 e. The first-order valence-electron chi connectivity index (χ1n) is 4.35. The molecule has 0 spiro atoms. The Kier molecular flexibility index (Phi) is 1.87. The fourth-order valence-electron chi connectivity index (χ4n) is 1.90. The van der Waals surface area contributed by atoms with Crippen LogP contribution in [-0.2, 0) is 14.3 Å². The number of hydrogen-bond donors (Lipinski definition) is 0. The molecule has 1 aliphatic heterocycles. The van der Waals surface area contributed by atoms with Crippen LogP contribution in [0.3, 0.4) is 0 Å². The van der Waals surface area contributed by atoms with Crippen molar-refractivity contribution < 1.29 is 14.3 Å². The van der Waals surface area contributed by atoms with Crippen LogP contribution in [0.15, 0.2) is 24.5 Å². The molecule has 1 heterocycles. The molecule has 70 valence electrons. The largest absolute Gasteiger partial charge is 0.489 e. The van der Waals surface area contributed by atoms with Crippen LogP contribution in [0.5, 0.6) is 0 Å². The van der Waals surface area contributed by atoms with Crippen molar-refractivity contribution in [3.8, 4) is 0 Å². The smallest absolute Gasteiger partial charge is 0.312 e. The summed E-state index contributed by atoms with van der Waals surface area (Å²) in [7, 11) is 1.41. The fraction of sp³-hybridized carbons (Fsp3) is 0.500. The maximum absolute atomic E-state index is 11.2. The zero-order valence-corrected chi connectivity index (χ0v) is 7.53. The maximum atomic E-state index is 11.2. The van der Waals surface area contributed by atoms with Gasteiger partial charge in [-0.3, -0.25) is 4.79 Å². The predicted octanol–water partition coefficient (Wildman–Crippen LogP) is 1.26. The molecule has 0 aromatic rings. The minimum absolute atomic E-state index is 0.000417. The molecule has 1 aliphatic carbocycles. The standard InChI is InChI=1S/C10H12O3/c1-3-7-4-6-5-8(9(6)13-7)10(11)12-2/h3-4,6,8-9H,1,5H2,2H3/t6-,8-,9?/m1/s1. The highest BCUT2D eigenvalue weighted by atomic mass is 16.5. The summed E-state index contributed by atoms with van der Waals surface area (Å²) >= 11 is 0. The van der Waals surface area contributed by atoms with Crippen molar-refractivity contribution >= 4 is 5.97 Å². The summed E-state index contributed by atoms with van der Waals surface area (Å²) in [5.74, 6) is 0.933. The van der Waals surface area contributed by atoms with Crippen molar-refractivity contribution in [1.29, 1.82) is 0 Å². The lowest BCUT2D eigenvalue weighted by atomic mass is 9.73. The monoisotopic (exact) mass is 180 g/mol. The van der Waals surface area contributed by atoms with Gasteiger partial charge >= 0.3 is 5.97 Å². The molecule has 2 aliphatic rings. The molecule has 3 heteroatoms. The summed E-state index contributed by atoms with van der Waals surface area (Å²) in [5, 5.41) is 0. The Morgan fingerprint density at radius 2 is 2.62 bits per heavy atom. The topological polar surface area (TPSA) is 35.5 Å². The van der Waals surface area contributed by atoms with Gasteiger partial charge in [-0.2, -0.15) is 0 Å². The number of rotatable bonds is 2. The molecule has 1 fully saturated rings. The predicted molar refractivity (Wildman–Crippen MR) is 46.8 cm³/mol. The lowest BCUT2D eigenvalue weighted by Crippen LogP contribution is -2.44. The molecule has 0 bridgehead atoms. The lowest BCUT2D eigenvalue weighted by Gasteiger charge is -2.36. The second-order valence-electron chi connectivity index (χ2n) is 3.38. The Labute approximate surface area is 77.0 Å². The Morgan fingerprint density at radius 1 is 1.85 bits per heavy atom. The van der Waals surface area contributed by atoms with E-state index in [0.717, 1.165) is 12.2 Å². The van der Waals surface area contributed by atoms with Gasteiger partial charge in [0.15, 0.2) is 0 Å². The Bertz CT molecular complexity index is 280. The Hall–Kier alpha value is -1.25. The van der Waals surface area contributed by atoms with E-state index >= 15 is 0 Å². The summed E-state index contributed by atoms with van der Waals surface area (Å²) in [6, 6.07) is 0. The molecule has 3 nitrogen and oxygen atoms in total. The van der Waals surface area contributed by atoms with Gasteiger partial charge in [0, 0.05) is 5.92 Å². The van der Waals surface area contributed by atoms with E-state index in [0.29, 0.717) is 5.92 Å². The van der Waals surface area contributed by atoms with Crippen LogP contribution in [-0.4, -0.2) is 19.2 Å². The number of methoxy groups -OCH3 is 1. The summed E-state index contributed by atoms with van der Waals surface area (Å²) in [6.07, 6.45) is 4.54. The normalized spacial score (nSPS) is 35.2. The maximum Gasteiger partial charge on any atom is 0.312 e. The molecule has 0 amide bonds. The van der Waals surface area contributed by atoms with Gasteiger partial charge in [0.05, 0.1) is 13.0 Å². The van der Waals surface area contributed by atoms with E-state index in [1.165, 1.54) is 7.11 Å². The van der Waals surface area contributed by atoms with E-state index in [1.54, 1.807) is 6.08 Å². The molecule has 2 rings (SSSR count). The highest BCUT2D eigenvalue weighted by molar-refractivity contribution is 5.74. The highest BCUT2D eigenvalue weighted by Gasteiger charge is 2.49. The molecule has 0 aromatic carbocycles. The summed E-state index contributed by atoms with van der Waals surface area (Å²) in [6.45, 7) is 3.62. The third-order valence-electron chi connectivity index (χ3n) is 2.70. The number of esters is 1. The first-order chi connectivity index (χ1) is 6.26. The van der Waals surface area contributed by atoms with E-state index in [-0.39, 0.29) is 18.0 Å². The van der Waals surface area contributed by atoms with Crippen molar-refractivity contribution in [2.45, 2.75) is 12.5 Å². The number of hydrogen-bond acceptors (Lipinski definition) is 3. The number of fused-ring (bicyclic) bond motifs is 1. The van der Waals surface area contributed by atoms with Crippen molar-refractivity contribution in [2.24, 2.45) is 11.8 Å². The van der Waals surface area contributed by atoms with Gasteiger partial charge in [0.25, 0.3) is 0 Å². The SMILES string of the molecule is C=CC1=C[C@@H]2C[C@@H](C(=O)OC)C2O1. The van der Waals surface area contributed by atoms with Crippen LogP contribution >= 0.6 is 0 Å². The number of carbonyl (C=O) groups excluding carboxylic acids is 1. The van der Waals surface area contributed by atoms with Crippen LogP contribution in [0.4, 0.5) is 0 Å². The zero-order chi connectivity index (χ0) is 9.42. The molecular formula is C10H12O3. The van der Waals surface area contributed by atoms with Crippen LogP contribution in [0.25, 0.3) is 0 Å². The molecule has 0 N–H and O–H groups in total. The molecule has 0 aromatic heterocycles. The van der Waals surface area contributed by atoms with Crippen LogP contribution < -0.4 is 0 Å². The molecule has 13 heavy (non-hydrogen) atoms. The van der Waals surface area contributed by atoms with Crippen LogP contribution in [0.2, 0.25) is 0 Å². The summed E-state index contributed by atoms with van der Waals surface area (Å²) in [4.78, 5) is 11.2. The van der Waals surface area contributed by atoms with Crippen molar-refractivity contribution in [3.05, 3.63) is 24.5 Å². The second kappa shape index (κ2) is 2.91. The first-order valence-corrected chi connectivity index (χ1v) is 4.35. The van der Waals surface area contributed by atoms with Gasteiger partial charge in [-0.15, -0.1) is 0 Å². The third kappa shape index (κ3) is 1.15. The van der Waals surface area contributed by atoms with Crippen LogP contribution in [0, 0.1) is 11.8 Å². The average molecular weight is 180 g/mol. The molecular weight excluding hydrogens is 168 g/mol. The van der Waals surface area contributed by atoms with E-state index in [4.69, 9.17) is 4.74 Å². The lowest BCUT2D eigenvalue weighted by molar-refractivity contribution is -0.158.